The first-order valence-corrected chi connectivity index (χ1v) is 38.3. The topological polar surface area (TPSA) is 237 Å². The summed E-state index contributed by atoms with van der Waals surface area (Å²) in [7, 11) is -9.89. The fourth-order valence-electron chi connectivity index (χ4n) is 10.2. The van der Waals surface area contributed by atoms with Crippen molar-refractivity contribution in [3.63, 3.8) is 0 Å². The number of unbranched alkanes of at least 4 members (excludes halogenated alkanes) is 42. The highest BCUT2D eigenvalue weighted by Gasteiger charge is 2.30. The Morgan fingerprint density at radius 2 is 0.465 bits per heavy atom. The summed E-state index contributed by atoms with van der Waals surface area (Å²) >= 11 is 0. The number of aliphatic hydroxyl groups is 1. The maximum atomic E-state index is 13.0. The van der Waals surface area contributed by atoms with Gasteiger partial charge in [-0.05, 0) is 25.7 Å². The fraction of sp³-hybridized carbons (Fsp3) is 0.940. The van der Waals surface area contributed by atoms with Gasteiger partial charge in [-0.2, -0.15) is 0 Å². The van der Waals surface area contributed by atoms with Crippen LogP contribution in [0.5, 0.6) is 0 Å². The average Bonchev–Trinajstić information content (AvgIpc) is 3.70. The van der Waals surface area contributed by atoms with Crippen molar-refractivity contribution in [1.82, 2.24) is 0 Å². The highest BCUT2D eigenvalue weighted by molar-refractivity contribution is 7.47. The summed E-state index contributed by atoms with van der Waals surface area (Å²) < 4.78 is 68.1. The number of aliphatic hydroxyl groups excluding tert-OH is 1. The highest BCUT2D eigenvalue weighted by Crippen LogP contribution is 2.45. The maximum Gasteiger partial charge on any atom is 0.472 e. The smallest absolute Gasteiger partial charge is 0.462 e. The molecule has 0 saturated carbocycles. The van der Waals surface area contributed by atoms with Gasteiger partial charge in [0.1, 0.15) is 19.3 Å². The van der Waals surface area contributed by atoms with Gasteiger partial charge < -0.3 is 33.8 Å². The Hall–Kier alpha value is -1.94. The lowest BCUT2D eigenvalue weighted by Crippen LogP contribution is -2.30. The average molecular weight is 1270 g/mol. The van der Waals surface area contributed by atoms with Crippen molar-refractivity contribution in [2.45, 2.75) is 367 Å². The summed E-state index contributed by atoms with van der Waals surface area (Å²) in [6.45, 7) is 4.91. The summed E-state index contributed by atoms with van der Waals surface area (Å²) in [4.78, 5) is 72.3. The first kappa shape index (κ1) is 84.1. The van der Waals surface area contributed by atoms with Gasteiger partial charge in [-0.3, -0.25) is 37.3 Å². The zero-order valence-electron chi connectivity index (χ0n) is 55.3. The van der Waals surface area contributed by atoms with E-state index in [4.69, 9.17) is 37.0 Å². The molecular formula is C67H130O17P2. The molecule has 3 N–H and O–H groups in total. The molecule has 0 aliphatic rings. The van der Waals surface area contributed by atoms with Crippen molar-refractivity contribution in [2.75, 3.05) is 39.6 Å². The molecule has 0 amide bonds. The van der Waals surface area contributed by atoms with Crippen LogP contribution in [-0.4, -0.2) is 96.7 Å². The molecular weight excluding hydrogens is 1140 g/mol. The molecule has 0 aliphatic carbocycles. The van der Waals surface area contributed by atoms with Crippen molar-refractivity contribution in [3.8, 4) is 0 Å². The van der Waals surface area contributed by atoms with Gasteiger partial charge in [0.15, 0.2) is 12.2 Å². The summed E-state index contributed by atoms with van der Waals surface area (Å²) in [6, 6.07) is 0. The van der Waals surface area contributed by atoms with Crippen LogP contribution in [0.25, 0.3) is 0 Å². The fourth-order valence-corrected chi connectivity index (χ4v) is 11.7. The summed E-state index contributed by atoms with van der Waals surface area (Å²) in [5.41, 5.74) is 0. The van der Waals surface area contributed by atoms with E-state index < -0.39 is 97.5 Å². The van der Waals surface area contributed by atoms with Crippen LogP contribution in [0.4, 0.5) is 0 Å². The van der Waals surface area contributed by atoms with Crippen molar-refractivity contribution < 1.29 is 80.2 Å². The van der Waals surface area contributed by atoms with E-state index in [9.17, 15) is 43.2 Å². The van der Waals surface area contributed by atoms with Gasteiger partial charge in [0.2, 0.25) is 0 Å². The van der Waals surface area contributed by atoms with E-state index in [0.29, 0.717) is 25.7 Å². The molecule has 0 saturated heterocycles. The van der Waals surface area contributed by atoms with Crippen LogP contribution in [0.1, 0.15) is 349 Å². The molecule has 86 heavy (non-hydrogen) atoms. The van der Waals surface area contributed by atoms with Crippen LogP contribution in [0.2, 0.25) is 0 Å². The normalized spacial score (nSPS) is 14.1. The zero-order valence-corrected chi connectivity index (χ0v) is 57.1. The number of ether oxygens (including phenoxy) is 4. The summed E-state index contributed by atoms with van der Waals surface area (Å²) in [5.74, 6) is -2.12. The number of phosphoric ester groups is 2. The minimum atomic E-state index is -4.95. The molecule has 2 unspecified atom stereocenters. The molecule has 0 aromatic rings. The van der Waals surface area contributed by atoms with Crippen LogP contribution < -0.4 is 0 Å². The standard InChI is InChI=1S/C67H130O17P2/c1-5-9-13-17-21-25-29-30-31-32-34-38-42-46-50-54-67(72)84-63(58-78-65(70)52-48-44-40-37-33-26-22-18-14-10-6-2)60-82-86(75,76)80-56-61(68)55-79-85(73,74)81-59-62(83-66(71)53-49-45-41-36-28-24-20-16-12-8-4)57-77-64(69)51-47-43-39-35-27-23-19-15-11-7-3/h61-63,68H,5-60H2,1-4H3,(H,73,74)(H,75,76)/t61-,62+,63+/m0/s1. The predicted octanol–water partition coefficient (Wildman–Crippen LogP) is 19.1. The predicted molar refractivity (Wildman–Crippen MR) is 345 cm³/mol. The molecule has 0 spiro atoms. The highest BCUT2D eigenvalue weighted by atomic mass is 31.2. The number of hydrogen-bond acceptors (Lipinski definition) is 15. The van der Waals surface area contributed by atoms with Gasteiger partial charge >= 0.3 is 39.5 Å². The first-order chi connectivity index (χ1) is 41.7. The lowest BCUT2D eigenvalue weighted by atomic mass is 10.0. The Balaban J connectivity index is 5.22. The Morgan fingerprint density at radius 1 is 0.279 bits per heavy atom. The van der Waals surface area contributed by atoms with Gasteiger partial charge in [0, 0.05) is 25.7 Å². The Kier molecular flexibility index (Phi) is 60.5. The molecule has 19 heteroatoms. The Labute approximate surface area is 524 Å². The molecule has 0 heterocycles. The number of carbonyl (C=O) groups is 4. The molecule has 5 atom stereocenters. The lowest BCUT2D eigenvalue weighted by molar-refractivity contribution is -0.161. The molecule has 0 aliphatic heterocycles. The van der Waals surface area contributed by atoms with Crippen LogP contribution in [0, 0.1) is 0 Å². The Bertz CT molecular complexity index is 1650. The monoisotopic (exact) mass is 1270 g/mol. The first-order valence-electron chi connectivity index (χ1n) is 35.3. The van der Waals surface area contributed by atoms with Gasteiger partial charge in [0.05, 0.1) is 26.4 Å². The van der Waals surface area contributed by atoms with Crippen molar-refractivity contribution in [2.24, 2.45) is 0 Å². The van der Waals surface area contributed by atoms with Crippen LogP contribution >= 0.6 is 15.6 Å². The summed E-state index contributed by atoms with van der Waals surface area (Å²) in [6.07, 6.45) is 48.4. The van der Waals surface area contributed by atoms with Gasteiger partial charge in [-0.1, -0.05) is 297 Å². The van der Waals surface area contributed by atoms with E-state index in [1.165, 1.54) is 180 Å². The molecule has 510 valence electrons. The number of rotatable bonds is 68. The summed E-state index contributed by atoms with van der Waals surface area (Å²) in [5, 5.41) is 10.6. The van der Waals surface area contributed by atoms with E-state index in [1.807, 2.05) is 0 Å². The minimum absolute atomic E-state index is 0.107. The molecule has 17 nitrogen and oxygen atoms in total. The third-order valence-corrected chi connectivity index (χ3v) is 17.5. The van der Waals surface area contributed by atoms with E-state index in [2.05, 4.69) is 27.7 Å². The van der Waals surface area contributed by atoms with Gasteiger partial charge in [-0.15, -0.1) is 0 Å². The second kappa shape index (κ2) is 61.9. The van der Waals surface area contributed by atoms with E-state index in [0.717, 1.165) is 89.9 Å². The van der Waals surface area contributed by atoms with Crippen LogP contribution in [0.3, 0.4) is 0 Å². The Morgan fingerprint density at radius 3 is 0.686 bits per heavy atom. The van der Waals surface area contributed by atoms with Crippen LogP contribution in [0.15, 0.2) is 0 Å². The molecule has 0 rings (SSSR count). The third-order valence-electron chi connectivity index (χ3n) is 15.6. The number of phosphoric acid groups is 2. The second-order valence-corrected chi connectivity index (χ2v) is 27.1. The molecule has 0 radical (unpaired) electrons. The lowest BCUT2D eigenvalue weighted by Gasteiger charge is -2.21. The molecule has 0 fully saturated rings. The molecule has 0 aromatic heterocycles. The molecule has 0 aromatic carbocycles. The third kappa shape index (κ3) is 60.9. The largest absolute Gasteiger partial charge is 0.472 e. The quantitative estimate of drug-likeness (QED) is 0.0222. The minimum Gasteiger partial charge on any atom is -0.462 e. The SMILES string of the molecule is CCCCCCCCCCCCCCCCCC(=O)O[C@H](COC(=O)CCCCCCCCCCCCC)COP(=O)(O)OC[C@@H](O)COP(=O)(O)OC[C@@H](COC(=O)CCCCCCCCCCCC)OC(=O)CCCCCCCCCCCC. The van der Waals surface area contributed by atoms with E-state index >= 15 is 0 Å². The van der Waals surface area contributed by atoms with E-state index in [-0.39, 0.29) is 25.7 Å². The van der Waals surface area contributed by atoms with E-state index in [1.54, 1.807) is 0 Å². The number of hydrogen-bond donors (Lipinski definition) is 3. The van der Waals surface area contributed by atoms with Gasteiger partial charge in [-0.25, -0.2) is 9.13 Å². The number of carbonyl (C=O) groups excluding carboxylic acids is 4. The second-order valence-electron chi connectivity index (χ2n) is 24.2. The van der Waals surface area contributed by atoms with Crippen molar-refractivity contribution in [3.05, 3.63) is 0 Å². The van der Waals surface area contributed by atoms with Crippen molar-refractivity contribution >= 4 is 39.5 Å². The van der Waals surface area contributed by atoms with Gasteiger partial charge in [0.25, 0.3) is 0 Å². The van der Waals surface area contributed by atoms with Crippen molar-refractivity contribution in [1.29, 1.82) is 0 Å². The number of esters is 4. The maximum absolute atomic E-state index is 13.0. The zero-order chi connectivity index (χ0) is 63.3. The molecule has 0 bridgehead atoms. The van der Waals surface area contributed by atoms with Crippen LogP contribution in [-0.2, 0) is 65.4 Å².